The Morgan fingerprint density at radius 1 is 0.812 bits per heavy atom. The predicted molar refractivity (Wildman–Crippen MR) is 129 cm³/mol. The molecule has 2 unspecified atom stereocenters. The summed E-state index contributed by atoms with van der Waals surface area (Å²) in [7, 11) is 0. The van der Waals surface area contributed by atoms with Gasteiger partial charge in [-0.1, -0.05) is 82.2 Å². The van der Waals surface area contributed by atoms with Crippen LogP contribution < -0.4 is 0 Å². The van der Waals surface area contributed by atoms with Gasteiger partial charge in [0, 0.05) is 13.3 Å². The summed E-state index contributed by atoms with van der Waals surface area (Å²) in [4.78, 5) is 21.8. The number of benzene rings is 1. The van der Waals surface area contributed by atoms with Crippen LogP contribution in [0.15, 0.2) is 30.3 Å². The first kappa shape index (κ1) is 28.2. The van der Waals surface area contributed by atoms with Gasteiger partial charge in [0.1, 0.15) is 6.10 Å². The lowest BCUT2D eigenvalue weighted by Gasteiger charge is -2.19. The van der Waals surface area contributed by atoms with Gasteiger partial charge in [-0.15, -0.1) is 0 Å². The molecular weight excluding hydrogens is 404 g/mol. The first-order valence-electron chi connectivity index (χ1n) is 12.6. The molecule has 1 N–H and O–H groups in total. The highest BCUT2D eigenvalue weighted by Crippen LogP contribution is 2.19. The van der Waals surface area contributed by atoms with Gasteiger partial charge in [0.25, 0.3) is 0 Å². The topological polar surface area (TPSA) is 72.8 Å². The second kappa shape index (κ2) is 18.7. The van der Waals surface area contributed by atoms with Crippen molar-refractivity contribution < 1.29 is 24.2 Å². The summed E-state index contributed by atoms with van der Waals surface area (Å²) in [6, 6.07) is 10.3. The zero-order chi connectivity index (χ0) is 23.4. The van der Waals surface area contributed by atoms with E-state index in [4.69, 9.17) is 14.6 Å². The van der Waals surface area contributed by atoms with Crippen LogP contribution in [0.1, 0.15) is 109 Å². The van der Waals surface area contributed by atoms with Crippen LogP contribution in [0.4, 0.5) is 0 Å². The van der Waals surface area contributed by atoms with Crippen molar-refractivity contribution in [2.45, 2.75) is 123 Å². The molecular formula is C27H44O5. The van der Waals surface area contributed by atoms with E-state index in [1.807, 2.05) is 18.2 Å². The van der Waals surface area contributed by atoms with Gasteiger partial charge >= 0.3 is 11.9 Å². The molecule has 0 aliphatic carbocycles. The number of carbonyl (C=O) groups is 2. The number of unbranched alkanes of at least 4 members (excludes halogenated alkanes) is 6. The van der Waals surface area contributed by atoms with Gasteiger partial charge in [-0.25, -0.2) is 0 Å². The smallest absolute Gasteiger partial charge is 0.303 e. The van der Waals surface area contributed by atoms with Crippen LogP contribution in [-0.2, 0) is 25.7 Å². The average Bonchev–Trinajstić information content (AvgIpc) is 2.76. The third-order valence-electron chi connectivity index (χ3n) is 5.74. The Morgan fingerprint density at radius 2 is 1.38 bits per heavy atom. The quantitative estimate of drug-likeness (QED) is 0.171. The lowest BCUT2D eigenvalue weighted by Crippen LogP contribution is -2.16. The van der Waals surface area contributed by atoms with Crippen LogP contribution in [0.25, 0.3) is 0 Å². The maximum absolute atomic E-state index is 11.2. The molecule has 182 valence electrons. The van der Waals surface area contributed by atoms with Crippen LogP contribution in [0.3, 0.4) is 0 Å². The Bertz CT molecular complexity index is 601. The Kier molecular flexibility index (Phi) is 16.4. The Morgan fingerprint density at radius 3 is 1.97 bits per heavy atom. The molecule has 1 aromatic rings. The van der Waals surface area contributed by atoms with E-state index in [0.717, 1.165) is 83.5 Å². The maximum Gasteiger partial charge on any atom is 0.303 e. The molecule has 0 aromatic heterocycles. The second-order valence-electron chi connectivity index (χ2n) is 8.78. The number of hydrogen-bond acceptors (Lipinski definition) is 4. The molecule has 0 aliphatic heterocycles. The Hall–Kier alpha value is -1.88. The monoisotopic (exact) mass is 448 g/mol. The summed E-state index contributed by atoms with van der Waals surface area (Å²) < 4.78 is 11.7. The van der Waals surface area contributed by atoms with Gasteiger partial charge in [-0.3, -0.25) is 9.59 Å². The minimum Gasteiger partial charge on any atom is -0.481 e. The minimum absolute atomic E-state index is 0.0590. The molecule has 0 bridgehead atoms. The fraction of sp³-hybridized carbons (Fsp3) is 0.704. The van der Waals surface area contributed by atoms with Gasteiger partial charge in [0.15, 0.2) is 0 Å². The zero-order valence-corrected chi connectivity index (χ0v) is 20.2. The molecule has 0 amide bonds. The van der Waals surface area contributed by atoms with Gasteiger partial charge in [-0.05, 0) is 44.1 Å². The first-order chi connectivity index (χ1) is 15.5. The summed E-state index contributed by atoms with van der Waals surface area (Å²) in [5.74, 6) is -0.881. The lowest BCUT2D eigenvalue weighted by atomic mass is 10.0. The van der Waals surface area contributed by atoms with Crippen molar-refractivity contribution in [1.82, 2.24) is 0 Å². The maximum atomic E-state index is 11.2. The summed E-state index contributed by atoms with van der Waals surface area (Å²) >= 11 is 0. The largest absolute Gasteiger partial charge is 0.481 e. The summed E-state index contributed by atoms with van der Waals surface area (Å²) in [6.07, 6.45) is 14.0. The highest BCUT2D eigenvalue weighted by Gasteiger charge is 2.12. The van der Waals surface area contributed by atoms with Crippen LogP contribution in [0, 0.1) is 0 Å². The standard InChI is InChI=1S/C27H44O5/c1-3-15-26(32-23(2)28)20-13-8-12-19-25(31-22-24-16-9-7-10-17-24)18-11-5-4-6-14-21-27(29)30/h7,9-10,16-17,25-26H,3-6,8,11-15,18-22H2,1-2H3,(H,29,30). The van der Waals surface area contributed by atoms with E-state index in [0.29, 0.717) is 6.61 Å². The minimum atomic E-state index is -0.701. The van der Waals surface area contributed by atoms with Crippen LogP contribution >= 0.6 is 0 Å². The fourth-order valence-corrected chi connectivity index (χ4v) is 4.02. The van der Waals surface area contributed by atoms with E-state index in [1.54, 1.807) is 0 Å². The number of aliphatic carboxylic acids is 1. The molecule has 0 saturated heterocycles. The second-order valence-corrected chi connectivity index (χ2v) is 8.78. The molecule has 0 spiro atoms. The molecule has 2 atom stereocenters. The fourth-order valence-electron chi connectivity index (χ4n) is 4.02. The molecule has 5 nitrogen and oxygen atoms in total. The number of ether oxygens (including phenoxy) is 2. The normalized spacial score (nSPS) is 12.9. The number of carbonyl (C=O) groups excluding carboxylic acids is 1. The molecule has 0 heterocycles. The molecule has 32 heavy (non-hydrogen) atoms. The molecule has 0 saturated carbocycles. The summed E-state index contributed by atoms with van der Waals surface area (Å²) in [5.41, 5.74) is 1.20. The van der Waals surface area contributed by atoms with Crippen molar-refractivity contribution >= 4 is 11.9 Å². The molecule has 1 rings (SSSR count). The van der Waals surface area contributed by atoms with Crippen molar-refractivity contribution in [3.8, 4) is 0 Å². The van der Waals surface area contributed by atoms with Gasteiger partial charge in [0.2, 0.25) is 0 Å². The summed E-state index contributed by atoms with van der Waals surface area (Å²) in [5, 5.41) is 8.72. The molecule has 0 radical (unpaired) electrons. The van der Waals surface area contributed by atoms with Crippen molar-refractivity contribution in [3.05, 3.63) is 35.9 Å². The zero-order valence-electron chi connectivity index (χ0n) is 20.2. The Balaban J connectivity index is 2.31. The van der Waals surface area contributed by atoms with E-state index >= 15 is 0 Å². The Labute approximate surface area is 194 Å². The highest BCUT2D eigenvalue weighted by atomic mass is 16.5. The number of rotatable bonds is 20. The van der Waals surface area contributed by atoms with Crippen LogP contribution in [0.2, 0.25) is 0 Å². The molecule has 1 aromatic carbocycles. The van der Waals surface area contributed by atoms with Crippen molar-refractivity contribution in [2.24, 2.45) is 0 Å². The first-order valence-corrected chi connectivity index (χ1v) is 12.6. The number of carboxylic acid groups (broad SMARTS) is 1. The number of carboxylic acids is 1. The third-order valence-corrected chi connectivity index (χ3v) is 5.74. The van der Waals surface area contributed by atoms with Crippen molar-refractivity contribution in [3.63, 3.8) is 0 Å². The molecule has 0 fully saturated rings. The lowest BCUT2D eigenvalue weighted by molar-refractivity contribution is -0.147. The number of hydrogen-bond donors (Lipinski definition) is 1. The van der Waals surface area contributed by atoms with Crippen LogP contribution in [-0.4, -0.2) is 29.3 Å². The van der Waals surface area contributed by atoms with Gasteiger partial charge in [-0.2, -0.15) is 0 Å². The average molecular weight is 449 g/mol. The summed E-state index contributed by atoms with van der Waals surface area (Å²) in [6.45, 7) is 4.26. The number of esters is 1. The van der Waals surface area contributed by atoms with E-state index in [9.17, 15) is 9.59 Å². The van der Waals surface area contributed by atoms with Gasteiger partial charge in [0.05, 0.1) is 12.7 Å². The van der Waals surface area contributed by atoms with E-state index in [-0.39, 0.29) is 24.6 Å². The third kappa shape index (κ3) is 15.9. The van der Waals surface area contributed by atoms with E-state index in [1.165, 1.54) is 12.5 Å². The van der Waals surface area contributed by atoms with Crippen molar-refractivity contribution in [1.29, 1.82) is 0 Å². The van der Waals surface area contributed by atoms with E-state index in [2.05, 4.69) is 19.1 Å². The molecule has 5 heteroatoms. The highest BCUT2D eigenvalue weighted by molar-refractivity contribution is 5.66. The van der Waals surface area contributed by atoms with Gasteiger partial charge < -0.3 is 14.6 Å². The van der Waals surface area contributed by atoms with Crippen molar-refractivity contribution in [2.75, 3.05) is 0 Å². The SMILES string of the molecule is CCCC(CCCCCC(CCCCCCCC(=O)O)OCc1ccccc1)OC(C)=O. The predicted octanol–water partition coefficient (Wildman–Crippen LogP) is 7.07. The van der Waals surface area contributed by atoms with Crippen LogP contribution in [0.5, 0.6) is 0 Å². The van der Waals surface area contributed by atoms with E-state index < -0.39 is 5.97 Å². The molecule has 0 aliphatic rings.